The standard InChI is InChI=1S/C25H24N4O6/c1-33-20-10-14(11-21(34-2)24(20)35-3)22-17(13-26)25(27)28(18-8-5-9-19(30)23(18)22)15-6-4-7-16(12-15)29(31)32/h4,6-7,10-12,22H,5,8-9,27H2,1-3H3/t22-/m0/s1. The second-order valence-corrected chi connectivity index (χ2v) is 8.05. The van der Waals surface area contributed by atoms with E-state index in [4.69, 9.17) is 19.9 Å². The van der Waals surface area contributed by atoms with Crippen LogP contribution in [0, 0.1) is 21.4 Å². The number of Topliss-reactive ketones (excluding diaryl/α,β-unsaturated/α-hetero) is 1. The first kappa shape index (κ1) is 23.6. The predicted octanol–water partition coefficient (Wildman–Crippen LogP) is 3.93. The molecule has 0 bridgehead atoms. The number of nitriles is 1. The topological polar surface area (TPSA) is 141 Å². The number of carbonyl (C=O) groups is 1. The first-order chi connectivity index (χ1) is 16.9. The fourth-order valence-corrected chi connectivity index (χ4v) is 4.73. The SMILES string of the molecule is COc1cc([C@H]2C(C#N)=C(N)N(c3cccc([N+](=O)[O-])c3)C3=C2C(=O)CCC3)cc(OC)c1OC. The van der Waals surface area contributed by atoms with Gasteiger partial charge >= 0.3 is 0 Å². The van der Waals surface area contributed by atoms with Crippen molar-refractivity contribution in [1.82, 2.24) is 0 Å². The molecule has 0 radical (unpaired) electrons. The van der Waals surface area contributed by atoms with Gasteiger partial charge in [0.1, 0.15) is 5.82 Å². The van der Waals surface area contributed by atoms with Crippen molar-refractivity contribution in [2.45, 2.75) is 25.2 Å². The molecule has 0 saturated heterocycles. The van der Waals surface area contributed by atoms with Gasteiger partial charge in [0.2, 0.25) is 5.75 Å². The molecule has 0 unspecified atom stereocenters. The summed E-state index contributed by atoms with van der Waals surface area (Å²) in [6.07, 6.45) is 1.44. The van der Waals surface area contributed by atoms with Gasteiger partial charge in [-0.25, -0.2) is 0 Å². The third kappa shape index (κ3) is 3.91. The molecular formula is C25H24N4O6. The number of nitro benzene ring substituents is 1. The van der Waals surface area contributed by atoms with Crippen molar-refractivity contribution in [3.63, 3.8) is 0 Å². The number of hydrogen-bond donors (Lipinski definition) is 1. The van der Waals surface area contributed by atoms with Gasteiger partial charge in [0, 0.05) is 29.8 Å². The van der Waals surface area contributed by atoms with E-state index in [2.05, 4.69) is 6.07 Å². The Morgan fingerprint density at radius 1 is 1.11 bits per heavy atom. The molecule has 0 amide bonds. The van der Waals surface area contributed by atoms with Gasteiger partial charge in [-0.2, -0.15) is 5.26 Å². The molecule has 2 N–H and O–H groups in total. The van der Waals surface area contributed by atoms with Gasteiger partial charge < -0.3 is 19.9 Å². The van der Waals surface area contributed by atoms with Crippen molar-refractivity contribution in [3.8, 4) is 23.3 Å². The second-order valence-electron chi connectivity index (χ2n) is 8.05. The van der Waals surface area contributed by atoms with E-state index in [1.807, 2.05) is 0 Å². The van der Waals surface area contributed by atoms with Crippen LogP contribution in [0.4, 0.5) is 11.4 Å². The molecular weight excluding hydrogens is 452 g/mol. The molecule has 4 rings (SSSR count). The maximum atomic E-state index is 13.3. The summed E-state index contributed by atoms with van der Waals surface area (Å²) in [5.74, 6) is 0.383. The quantitative estimate of drug-likeness (QED) is 0.485. The zero-order chi connectivity index (χ0) is 25.3. The van der Waals surface area contributed by atoms with E-state index in [-0.39, 0.29) is 22.9 Å². The molecule has 10 nitrogen and oxygen atoms in total. The summed E-state index contributed by atoms with van der Waals surface area (Å²) in [7, 11) is 4.46. The zero-order valence-corrected chi connectivity index (χ0v) is 19.5. The van der Waals surface area contributed by atoms with E-state index in [0.717, 1.165) is 0 Å². The van der Waals surface area contributed by atoms with Gasteiger partial charge in [-0.05, 0) is 36.6 Å². The van der Waals surface area contributed by atoms with E-state index in [1.165, 1.54) is 33.5 Å². The minimum absolute atomic E-state index is 0.110. The lowest BCUT2D eigenvalue weighted by Crippen LogP contribution is -2.38. The van der Waals surface area contributed by atoms with Gasteiger partial charge in [0.25, 0.3) is 5.69 Å². The number of non-ortho nitro benzene ring substituents is 1. The Labute approximate surface area is 201 Å². The Bertz CT molecular complexity index is 1300. The van der Waals surface area contributed by atoms with Gasteiger partial charge in [0.15, 0.2) is 17.3 Å². The lowest BCUT2D eigenvalue weighted by Gasteiger charge is -2.39. The Balaban J connectivity index is 1.99. The van der Waals surface area contributed by atoms with E-state index in [9.17, 15) is 20.2 Å². The molecule has 180 valence electrons. The Hall–Kier alpha value is -4.52. The fourth-order valence-electron chi connectivity index (χ4n) is 4.73. The van der Waals surface area contributed by atoms with Crippen LogP contribution < -0.4 is 24.8 Å². The van der Waals surface area contributed by atoms with Crippen LogP contribution in [0.3, 0.4) is 0 Å². The predicted molar refractivity (Wildman–Crippen MR) is 127 cm³/mol. The Morgan fingerprint density at radius 3 is 2.37 bits per heavy atom. The Kier molecular flexibility index (Phi) is 6.34. The monoisotopic (exact) mass is 476 g/mol. The summed E-state index contributed by atoms with van der Waals surface area (Å²) >= 11 is 0. The van der Waals surface area contributed by atoms with Crippen molar-refractivity contribution >= 4 is 17.2 Å². The van der Waals surface area contributed by atoms with Gasteiger partial charge in [-0.1, -0.05) is 6.07 Å². The summed E-state index contributed by atoms with van der Waals surface area (Å²) < 4.78 is 16.4. The summed E-state index contributed by atoms with van der Waals surface area (Å²) in [5, 5.41) is 21.6. The van der Waals surface area contributed by atoms with E-state index in [0.29, 0.717) is 59.0 Å². The minimum Gasteiger partial charge on any atom is -0.493 e. The van der Waals surface area contributed by atoms with Gasteiger partial charge in [-0.3, -0.25) is 19.8 Å². The van der Waals surface area contributed by atoms with Crippen molar-refractivity contribution in [2.75, 3.05) is 26.2 Å². The highest BCUT2D eigenvalue weighted by atomic mass is 16.6. The summed E-state index contributed by atoms with van der Waals surface area (Å²) in [6, 6.07) is 11.5. The molecule has 1 aliphatic heterocycles. The average molecular weight is 476 g/mol. The number of nitro groups is 1. The number of nitrogens with two attached hydrogens (primary N) is 1. The van der Waals surface area contributed by atoms with E-state index >= 15 is 0 Å². The number of hydrogen-bond acceptors (Lipinski definition) is 9. The maximum Gasteiger partial charge on any atom is 0.271 e. The van der Waals surface area contributed by atoms with Crippen LogP contribution in [-0.4, -0.2) is 32.0 Å². The number of ketones is 1. The van der Waals surface area contributed by atoms with Crippen LogP contribution in [-0.2, 0) is 4.79 Å². The summed E-state index contributed by atoms with van der Waals surface area (Å²) in [6.45, 7) is 0. The van der Waals surface area contributed by atoms with Crippen molar-refractivity contribution in [3.05, 3.63) is 74.7 Å². The van der Waals surface area contributed by atoms with Crippen LogP contribution in [0.15, 0.2) is 59.1 Å². The van der Waals surface area contributed by atoms with Gasteiger partial charge in [-0.15, -0.1) is 0 Å². The smallest absolute Gasteiger partial charge is 0.271 e. The second kappa shape index (κ2) is 9.38. The van der Waals surface area contributed by atoms with Crippen molar-refractivity contribution in [2.24, 2.45) is 5.73 Å². The summed E-state index contributed by atoms with van der Waals surface area (Å²) in [5.41, 5.74) is 8.63. The van der Waals surface area contributed by atoms with Crippen molar-refractivity contribution < 1.29 is 23.9 Å². The third-order valence-corrected chi connectivity index (χ3v) is 6.23. The fraction of sp³-hybridized carbons (Fsp3) is 0.280. The number of benzene rings is 2. The number of methoxy groups -OCH3 is 3. The first-order valence-corrected chi connectivity index (χ1v) is 10.9. The molecule has 1 atom stereocenters. The van der Waals surface area contributed by atoms with Gasteiger partial charge in [0.05, 0.1) is 49.5 Å². The highest BCUT2D eigenvalue weighted by Crippen LogP contribution is 2.49. The molecule has 35 heavy (non-hydrogen) atoms. The maximum absolute atomic E-state index is 13.3. The van der Waals surface area contributed by atoms with Crippen molar-refractivity contribution in [1.29, 1.82) is 5.26 Å². The lowest BCUT2D eigenvalue weighted by atomic mass is 9.75. The lowest BCUT2D eigenvalue weighted by molar-refractivity contribution is -0.384. The highest BCUT2D eigenvalue weighted by Gasteiger charge is 2.41. The molecule has 0 saturated carbocycles. The van der Waals surface area contributed by atoms with E-state index < -0.39 is 10.8 Å². The molecule has 0 spiro atoms. The number of carbonyl (C=O) groups excluding carboxylic acids is 1. The highest BCUT2D eigenvalue weighted by molar-refractivity contribution is 6.01. The van der Waals surface area contributed by atoms with Crippen LogP contribution in [0.5, 0.6) is 17.2 Å². The normalized spacial score (nSPS) is 17.6. The molecule has 2 aromatic rings. The van der Waals surface area contributed by atoms with Crippen LogP contribution in [0.1, 0.15) is 30.7 Å². The number of nitrogens with zero attached hydrogens (tertiary/aromatic N) is 3. The van der Waals surface area contributed by atoms with Crippen LogP contribution in [0.2, 0.25) is 0 Å². The molecule has 0 fully saturated rings. The number of allylic oxidation sites excluding steroid dienone is 3. The van der Waals surface area contributed by atoms with Crippen LogP contribution in [0.25, 0.3) is 0 Å². The number of anilines is 1. The molecule has 0 aromatic heterocycles. The number of ether oxygens (including phenoxy) is 3. The first-order valence-electron chi connectivity index (χ1n) is 10.9. The Morgan fingerprint density at radius 2 is 1.80 bits per heavy atom. The zero-order valence-electron chi connectivity index (χ0n) is 19.5. The molecule has 2 aromatic carbocycles. The van der Waals surface area contributed by atoms with E-state index in [1.54, 1.807) is 29.2 Å². The largest absolute Gasteiger partial charge is 0.493 e. The molecule has 10 heteroatoms. The summed E-state index contributed by atoms with van der Waals surface area (Å²) in [4.78, 5) is 25.8. The molecule has 1 heterocycles. The molecule has 2 aliphatic rings. The number of rotatable bonds is 6. The van der Waals surface area contributed by atoms with Crippen LogP contribution >= 0.6 is 0 Å². The minimum atomic E-state index is -0.758. The third-order valence-electron chi connectivity index (χ3n) is 6.23. The molecule has 1 aliphatic carbocycles. The average Bonchev–Trinajstić information content (AvgIpc) is 2.87.